The lowest BCUT2D eigenvalue weighted by molar-refractivity contribution is -0.0780. The Kier molecular flexibility index (Phi) is 8.61. The number of aliphatic hydroxyl groups excluding tert-OH is 4. The first kappa shape index (κ1) is 23.6. The van der Waals surface area contributed by atoms with Crippen molar-refractivity contribution in [2.24, 2.45) is 0 Å². The molecule has 2 rings (SSSR count). The zero-order chi connectivity index (χ0) is 22.3. The van der Waals surface area contributed by atoms with Crippen LogP contribution in [0.2, 0.25) is 0 Å². The van der Waals surface area contributed by atoms with E-state index in [0.29, 0.717) is 34.8 Å². The van der Waals surface area contributed by atoms with Crippen molar-refractivity contribution in [2.45, 2.75) is 31.2 Å². The third-order valence-electron chi connectivity index (χ3n) is 4.82. The Labute approximate surface area is 175 Å². The number of rotatable bonds is 11. The molecule has 8 heteroatoms. The van der Waals surface area contributed by atoms with E-state index < -0.39 is 24.9 Å². The van der Waals surface area contributed by atoms with Crippen molar-refractivity contribution >= 4 is 5.78 Å². The van der Waals surface area contributed by atoms with E-state index in [-0.39, 0.29) is 12.2 Å². The fourth-order valence-corrected chi connectivity index (χ4v) is 3.10. The first-order valence-electron chi connectivity index (χ1n) is 9.44. The molecule has 0 heterocycles. The number of ketones is 1. The van der Waals surface area contributed by atoms with E-state index in [2.05, 4.69) is 0 Å². The SMILES string of the molecule is COc1cc(C(=O)c2cccc(CC[C@@H](O)[C@H](O)[C@H](O)CO)c2)cc(OC)c1OC. The van der Waals surface area contributed by atoms with Gasteiger partial charge in [0.15, 0.2) is 17.3 Å². The highest BCUT2D eigenvalue weighted by Crippen LogP contribution is 2.38. The molecule has 0 radical (unpaired) electrons. The van der Waals surface area contributed by atoms with Crippen LogP contribution in [0.5, 0.6) is 17.2 Å². The standard InChI is InChI=1S/C22H28O8/c1-28-18-10-15(11-19(29-2)22(18)30-3)20(26)14-6-4-5-13(9-14)7-8-16(24)21(27)17(25)12-23/h4-6,9-11,16-17,21,23-25,27H,7-8,12H2,1-3H3/t16-,17-,21+/m1/s1. The number of benzene rings is 2. The van der Waals surface area contributed by atoms with E-state index in [1.165, 1.54) is 21.3 Å². The number of aliphatic hydroxyl groups is 4. The Balaban J connectivity index is 2.20. The first-order valence-corrected chi connectivity index (χ1v) is 9.44. The Hall–Kier alpha value is -2.65. The van der Waals surface area contributed by atoms with Crippen LogP contribution in [-0.2, 0) is 6.42 Å². The molecule has 164 valence electrons. The summed E-state index contributed by atoms with van der Waals surface area (Å²) in [6, 6.07) is 10.1. The highest BCUT2D eigenvalue weighted by atomic mass is 16.5. The van der Waals surface area contributed by atoms with Crippen molar-refractivity contribution in [1.29, 1.82) is 0 Å². The lowest BCUT2D eigenvalue weighted by Crippen LogP contribution is -2.39. The molecule has 0 fully saturated rings. The van der Waals surface area contributed by atoms with Crippen LogP contribution in [0.3, 0.4) is 0 Å². The van der Waals surface area contributed by atoms with E-state index in [0.717, 1.165) is 5.56 Å². The van der Waals surface area contributed by atoms with Gasteiger partial charge in [0.2, 0.25) is 5.75 Å². The van der Waals surface area contributed by atoms with Crippen molar-refractivity contribution in [2.75, 3.05) is 27.9 Å². The van der Waals surface area contributed by atoms with Gasteiger partial charge in [0, 0.05) is 11.1 Å². The molecule has 0 aliphatic rings. The molecule has 30 heavy (non-hydrogen) atoms. The summed E-state index contributed by atoms with van der Waals surface area (Å²) in [6.07, 6.45) is -3.54. The number of ether oxygens (including phenoxy) is 3. The zero-order valence-corrected chi connectivity index (χ0v) is 17.2. The minimum absolute atomic E-state index is 0.153. The first-order chi connectivity index (χ1) is 14.4. The number of carbonyl (C=O) groups is 1. The number of methoxy groups -OCH3 is 3. The maximum absolute atomic E-state index is 13.0. The van der Waals surface area contributed by atoms with Gasteiger partial charge < -0.3 is 34.6 Å². The summed E-state index contributed by atoms with van der Waals surface area (Å²) in [5.74, 6) is 0.891. The van der Waals surface area contributed by atoms with E-state index in [4.69, 9.17) is 19.3 Å². The summed E-state index contributed by atoms with van der Waals surface area (Å²) in [7, 11) is 4.43. The zero-order valence-electron chi connectivity index (χ0n) is 17.2. The molecular weight excluding hydrogens is 392 g/mol. The van der Waals surface area contributed by atoms with Gasteiger partial charge in [-0.05, 0) is 36.6 Å². The molecule has 0 aromatic heterocycles. The molecule has 0 unspecified atom stereocenters. The predicted molar refractivity (Wildman–Crippen MR) is 109 cm³/mol. The number of hydrogen-bond donors (Lipinski definition) is 4. The highest BCUT2D eigenvalue weighted by Gasteiger charge is 2.24. The third-order valence-corrected chi connectivity index (χ3v) is 4.82. The van der Waals surface area contributed by atoms with Crippen LogP contribution in [-0.4, -0.2) is 72.5 Å². The van der Waals surface area contributed by atoms with Gasteiger partial charge in [-0.15, -0.1) is 0 Å². The van der Waals surface area contributed by atoms with Crippen LogP contribution in [0.1, 0.15) is 27.9 Å². The molecule has 3 atom stereocenters. The molecule has 0 saturated carbocycles. The fraction of sp³-hybridized carbons (Fsp3) is 0.409. The monoisotopic (exact) mass is 420 g/mol. The number of aryl methyl sites for hydroxylation is 1. The second-order valence-electron chi connectivity index (χ2n) is 6.79. The lowest BCUT2D eigenvalue weighted by Gasteiger charge is -2.21. The number of carbonyl (C=O) groups excluding carboxylic acids is 1. The van der Waals surface area contributed by atoms with Gasteiger partial charge in [-0.2, -0.15) is 0 Å². The van der Waals surface area contributed by atoms with Gasteiger partial charge in [0.25, 0.3) is 0 Å². The normalized spacial score (nSPS) is 14.0. The molecule has 8 nitrogen and oxygen atoms in total. The Bertz CT molecular complexity index is 826. The lowest BCUT2D eigenvalue weighted by atomic mass is 9.97. The minimum atomic E-state index is -1.45. The van der Waals surface area contributed by atoms with Crippen molar-refractivity contribution in [3.63, 3.8) is 0 Å². The van der Waals surface area contributed by atoms with Crippen molar-refractivity contribution in [1.82, 2.24) is 0 Å². The van der Waals surface area contributed by atoms with Crippen LogP contribution in [0.25, 0.3) is 0 Å². The maximum Gasteiger partial charge on any atom is 0.203 e. The Morgan fingerprint density at radius 2 is 1.53 bits per heavy atom. The molecule has 0 aliphatic heterocycles. The second kappa shape index (κ2) is 10.9. The highest BCUT2D eigenvalue weighted by molar-refractivity contribution is 6.09. The summed E-state index contributed by atoms with van der Waals surface area (Å²) in [5.41, 5.74) is 1.58. The van der Waals surface area contributed by atoms with E-state index in [1.807, 2.05) is 0 Å². The largest absolute Gasteiger partial charge is 0.493 e. The molecule has 0 saturated heterocycles. The van der Waals surface area contributed by atoms with Crippen molar-refractivity contribution in [3.8, 4) is 17.2 Å². The van der Waals surface area contributed by atoms with Gasteiger partial charge in [0.05, 0.1) is 34.0 Å². The van der Waals surface area contributed by atoms with Gasteiger partial charge in [-0.3, -0.25) is 4.79 Å². The molecular formula is C22H28O8. The van der Waals surface area contributed by atoms with Gasteiger partial charge in [-0.25, -0.2) is 0 Å². The average molecular weight is 420 g/mol. The van der Waals surface area contributed by atoms with Crippen LogP contribution >= 0.6 is 0 Å². The van der Waals surface area contributed by atoms with Gasteiger partial charge in [0.1, 0.15) is 12.2 Å². The Morgan fingerprint density at radius 1 is 0.900 bits per heavy atom. The van der Waals surface area contributed by atoms with Gasteiger partial charge >= 0.3 is 0 Å². The molecule has 2 aromatic rings. The Morgan fingerprint density at radius 3 is 2.07 bits per heavy atom. The number of hydrogen-bond acceptors (Lipinski definition) is 8. The molecule has 0 aliphatic carbocycles. The van der Waals surface area contributed by atoms with Crippen LogP contribution in [0.4, 0.5) is 0 Å². The summed E-state index contributed by atoms with van der Waals surface area (Å²) in [6.45, 7) is -0.642. The predicted octanol–water partition coefficient (Wildman–Crippen LogP) is 0.951. The second-order valence-corrected chi connectivity index (χ2v) is 6.79. The average Bonchev–Trinajstić information content (AvgIpc) is 2.79. The smallest absolute Gasteiger partial charge is 0.203 e. The fourth-order valence-electron chi connectivity index (χ4n) is 3.10. The van der Waals surface area contributed by atoms with Crippen molar-refractivity contribution < 1.29 is 39.4 Å². The molecule has 0 amide bonds. The topological polar surface area (TPSA) is 126 Å². The van der Waals surface area contributed by atoms with Crippen LogP contribution in [0, 0.1) is 0 Å². The van der Waals surface area contributed by atoms with E-state index in [9.17, 15) is 20.1 Å². The summed E-state index contributed by atoms with van der Waals surface area (Å²) in [5, 5.41) is 38.0. The quantitative estimate of drug-likeness (QED) is 0.396. The van der Waals surface area contributed by atoms with Crippen LogP contribution < -0.4 is 14.2 Å². The summed E-state index contributed by atoms with van der Waals surface area (Å²) >= 11 is 0. The van der Waals surface area contributed by atoms with Crippen LogP contribution in [0.15, 0.2) is 36.4 Å². The molecule has 0 bridgehead atoms. The minimum Gasteiger partial charge on any atom is -0.493 e. The van der Waals surface area contributed by atoms with E-state index >= 15 is 0 Å². The molecule has 4 N–H and O–H groups in total. The molecule has 2 aromatic carbocycles. The third kappa shape index (κ3) is 5.48. The maximum atomic E-state index is 13.0. The van der Waals surface area contributed by atoms with Crippen molar-refractivity contribution in [3.05, 3.63) is 53.1 Å². The van der Waals surface area contributed by atoms with Gasteiger partial charge in [-0.1, -0.05) is 18.2 Å². The summed E-state index contributed by atoms with van der Waals surface area (Å²) in [4.78, 5) is 13.0. The summed E-state index contributed by atoms with van der Waals surface area (Å²) < 4.78 is 15.9. The molecule has 0 spiro atoms. The van der Waals surface area contributed by atoms with E-state index in [1.54, 1.807) is 36.4 Å².